The molecule has 102 valence electrons. The highest BCUT2D eigenvalue weighted by molar-refractivity contribution is 6.30. The summed E-state index contributed by atoms with van der Waals surface area (Å²) < 4.78 is 20.7. The zero-order valence-corrected chi connectivity index (χ0v) is 11.5. The van der Waals surface area contributed by atoms with Crippen LogP contribution >= 0.6 is 11.6 Å². The third kappa shape index (κ3) is 2.88. The van der Waals surface area contributed by atoms with Gasteiger partial charge in [0.2, 0.25) is 5.88 Å². The molecule has 0 saturated carbocycles. The van der Waals surface area contributed by atoms with Crippen molar-refractivity contribution in [3.8, 4) is 11.6 Å². The number of hydrogen-bond donors (Lipinski definition) is 1. The van der Waals surface area contributed by atoms with Crippen LogP contribution in [0.25, 0.3) is 0 Å². The number of nitrogens with two attached hydrogens (primary N) is 1. The fraction of sp³-hybridized carbons (Fsp3) is 0.308. The van der Waals surface area contributed by atoms with Crippen molar-refractivity contribution in [1.82, 2.24) is 9.78 Å². The minimum atomic E-state index is -0.515. The zero-order chi connectivity index (χ0) is 14.0. The van der Waals surface area contributed by atoms with E-state index in [1.54, 1.807) is 17.8 Å². The Morgan fingerprint density at radius 2 is 2.21 bits per heavy atom. The number of nitrogens with zero attached hydrogens (tertiary/aromatic N) is 2. The molecular formula is C13H15ClFN3O. The normalized spacial score (nSPS) is 10.8. The van der Waals surface area contributed by atoms with Crippen molar-refractivity contribution in [1.29, 1.82) is 0 Å². The first-order valence-corrected chi connectivity index (χ1v) is 6.26. The topological polar surface area (TPSA) is 53.1 Å². The third-order valence-corrected chi connectivity index (χ3v) is 3.10. The molecule has 0 atom stereocenters. The average Bonchev–Trinajstić information content (AvgIpc) is 2.61. The molecule has 0 amide bonds. The van der Waals surface area contributed by atoms with Gasteiger partial charge in [-0.1, -0.05) is 11.6 Å². The summed E-state index contributed by atoms with van der Waals surface area (Å²) in [5.74, 6) is 0.436. The lowest BCUT2D eigenvalue weighted by molar-refractivity contribution is 0.422. The second-order valence-corrected chi connectivity index (χ2v) is 4.62. The molecular weight excluding hydrogens is 269 g/mol. The van der Waals surface area contributed by atoms with E-state index in [2.05, 4.69) is 5.10 Å². The SMILES string of the molecule is Cc1nn(C)c(Oc2ccc(Cl)c(F)c2)c1CCN. The highest BCUT2D eigenvalue weighted by Crippen LogP contribution is 2.29. The van der Waals surface area contributed by atoms with Gasteiger partial charge in [0.25, 0.3) is 0 Å². The summed E-state index contributed by atoms with van der Waals surface area (Å²) in [6.45, 7) is 2.39. The quantitative estimate of drug-likeness (QED) is 0.939. The summed E-state index contributed by atoms with van der Waals surface area (Å²) in [5.41, 5.74) is 7.36. The smallest absolute Gasteiger partial charge is 0.221 e. The summed E-state index contributed by atoms with van der Waals surface area (Å²) in [5, 5.41) is 4.35. The first-order chi connectivity index (χ1) is 9.02. The van der Waals surface area contributed by atoms with Gasteiger partial charge in [0, 0.05) is 18.7 Å². The summed E-state index contributed by atoms with van der Waals surface area (Å²) in [4.78, 5) is 0. The molecule has 0 aliphatic heterocycles. The Labute approximate surface area is 115 Å². The van der Waals surface area contributed by atoms with Gasteiger partial charge in [-0.2, -0.15) is 5.10 Å². The van der Waals surface area contributed by atoms with Crippen molar-refractivity contribution in [3.05, 3.63) is 40.3 Å². The number of rotatable bonds is 4. The van der Waals surface area contributed by atoms with Crippen molar-refractivity contribution in [3.63, 3.8) is 0 Å². The van der Waals surface area contributed by atoms with Crippen molar-refractivity contribution in [2.75, 3.05) is 6.54 Å². The van der Waals surface area contributed by atoms with Gasteiger partial charge in [-0.05, 0) is 32.0 Å². The summed E-state index contributed by atoms with van der Waals surface area (Å²) >= 11 is 5.64. The van der Waals surface area contributed by atoms with Crippen LogP contribution in [0.3, 0.4) is 0 Å². The van der Waals surface area contributed by atoms with E-state index in [9.17, 15) is 4.39 Å². The molecule has 2 N–H and O–H groups in total. The van der Waals surface area contributed by atoms with Crippen LogP contribution < -0.4 is 10.5 Å². The average molecular weight is 284 g/mol. The van der Waals surface area contributed by atoms with Gasteiger partial charge in [0.1, 0.15) is 11.6 Å². The summed E-state index contributed by atoms with van der Waals surface area (Å²) in [6, 6.07) is 4.31. The lowest BCUT2D eigenvalue weighted by Gasteiger charge is -2.08. The van der Waals surface area contributed by atoms with Crippen LogP contribution in [0, 0.1) is 12.7 Å². The molecule has 1 heterocycles. The first-order valence-electron chi connectivity index (χ1n) is 5.88. The van der Waals surface area contributed by atoms with Crippen LogP contribution in [0.1, 0.15) is 11.3 Å². The molecule has 19 heavy (non-hydrogen) atoms. The molecule has 1 aromatic heterocycles. The molecule has 0 aliphatic rings. The molecule has 0 spiro atoms. The Morgan fingerprint density at radius 1 is 1.47 bits per heavy atom. The molecule has 0 radical (unpaired) electrons. The van der Waals surface area contributed by atoms with E-state index in [1.165, 1.54) is 12.1 Å². The fourth-order valence-corrected chi connectivity index (χ4v) is 2.01. The molecule has 1 aromatic carbocycles. The number of halogens is 2. The summed E-state index contributed by atoms with van der Waals surface area (Å²) in [7, 11) is 1.77. The first kappa shape index (κ1) is 13.8. The van der Waals surface area contributed by atoms with E-state index in [4.69, 9.17) is 22.1 Å². The largest absolute Gasteiger partial charge is 0.439 e. The van der Waals surface area contributed by atoms with Crippen LogP contribution in [0.4, 0.5) is 4.39 Å². The Bertz CT molecular complexity index is 598. The monoisotopic (exact) mass is 283 g/mol. The lowest BCUT2D eigenvalue weighted by atomic mass is 10.2. The number of aryl methyl sites for hydroxylation is 2. The molecule has 0 saturated heterocycles. The van der Waals surface area contributed by atoms with E-state index in [0.29, 0.717) is 24.6 Å². The Kier molecular flexibility index (Phi) is 4.07. The summed E-state index contributed by atoms with van der Waals surface area (Å²) in [6.07, 6.45) is 0.658. The van der Waals surface area contributed by atoms with Crippen molar-refractivity contribution < 1.29 is 9.13 Å². The maximum atomic E-state index is 13.4. The van der Waals surface area contributed by atoms with Gasteiger partial charge in [-0.15, -0.1) is 0 Å². The highest BCUT2D eigenvalue weighted by Gasteiger charge is 2.15. The number of ether oxygens (including phenoxy) is 1. The van der Waals surface area contributed by atoms with E-state index in [-0.39, 0.29) is 5.02 Å². The molecule has 6 heteroatoms. The van der Waals surface area contributed by atoms with E-state index < -0.39 is 5.82 Å². The fourth-order valence-electron chi connectivity index (χ4n) is 1.89. The number of benzene rings is 1. The van der Waals surface area contributed by atoms with Gasteiger partial charge in [-0.3, -0.25) is 0 Å². The lowest BCUT2D eigenvalue weighted by Crippen LogP contribution is -2.05. The van der Waals surface area contributed by atoms with Crippen molar-refractivity contribution >= 4 is 11.6 Å². The molecule has 2 aromatic rings. The van der Waals surface area contributed by atoms with Gasteiger partial charge in [0.05, 0.1) is 10.7 Å². The molecule has 0 fully saturated rings. The van der Waals surface area contributed by atoms with Crippen LogP contribution in [-0.2, 0) is 13.5 Å². The van der Waals surface area contributed by atoms with Crippen LogP contribution in [0.2, 0.25) is 5.02 Å². The van der Waals surface area contributed by atoms with Gasteiger partial charge < -0.3 is 10.5 Å². The van der Waals surface area contributed by atoms with E-state index in [0.717, 1.165) is 11.3 Å². The maximum Gasteiger partial charge on any atom is 0.221 e. The predicted octanol–water partition coefficient (Wildman–Crippen LogP) is 2.81. The van der Waals surface area contributed by atoms with E-state index >= 15 is 0 Å². The van der Waals surface area contributed by atoms with Crippen LogP contribution in [0.15, 0.2) is 18.2 Å². The highest BCUT2D eigenvalue weighted by atomic mass is 35.5. The molecule has 0 bridgehead atoms. The molecule has 2 rings (SSSR count). The van der Waals surface area contributed by atoms with Crippen LogP contribution in [-0.4, -0.2) is 16.3 Å². The second-order valence-electron chi connectivity index (χ2n) is 4.21. The standard InChI is InChI=1S/C13H15ClFN3O/c1-8-10(5-6-16)13(18(2)17-8)19-9-3-4-11(14)12(15)7-9/h3-4,7H,5-6,16H2,1-2H3. The third-order valence-electron chi connectivity index (χ3n) is 2.79. The number of aromatic nitrogens is 2. The van der Waals surface area contributed by atoms with Gasteiger partial charge in [0.15, 0.2) is 0 Å². The minimum absolute atomic E-state index is 0.0655. The predicted molar refractivity (Wildman–Crippen MR) is 72.2 cm³/mol. The van der Waals surface area contributed by atoms with Crippen molar-refractivity contribution in [2.24, 2.45) is 12.8 Å². The van der Waals surface area contributed by atoms with Crippen LogP contribution in [0.5, 0.6) is 11.6 Å². The zero-order valence-electron chi connectivity index (χ0n) is 10.8. The van der Waals surface area contributed by atoms with Gasteiger partial charge in [-0.25, -0.2) is 9.07 Å². The minimum Gasteiger partial charge on any atom is -0.439 e. The molecule has 0 unspecified atom stereocenters. The Hall–Kier alpha value is -1.59. The van der Waals surface area contributed by atoms with Gasteiger partial charge >= 0.3 is 0 Å². The second kappa shape index (κ2) is 5.59. The Balaban J connectivity index is 2.34. The Morgan fingerprint density at radius 3 is 2.84 bits per heavy atom. The van der Waals surface area contributed by atoms with E-state index in [1.807, 2.05) is 6.92 Å². The molecule has 4 nitrogen and oxygen atoms in total. The van der Waals surface area contributed by atoms with Crippen molar-refractivity contribution in [2.45, 2.75) is 13.3 Å². The number of hydrogen-bond acceptors (Lipinski definition) is 3. The molecule has 0 aliphatic carbocycles. The maximum absolute atomic E-state index is 13.4.